The molecule has 0 aromatic rings. The van der Waals surface area contributed by atoms with Crippen LogP contribution in [0.5, 0.6) is 0 Å². The molecule has 4 unspecified atom stereocenters. The van der Waals surface area contributed by atoms with Gasteiger partial charge in [0.15, 0.2) is 5.96 Å². The van der Waals surface area contributed by atoms with Crippen molar-refractivity contribution in [3.05, 3.63) is 0 Å². The van der Waals surface area contributed by atoms with Crippen LogP contribution < -0.4 is 38.9 Å². The van der Waals surface area contributed by atoms with Gasteiger partial charge in [0.2, 0.25) is 23.6 Å². The van der Waals surface area contributed by atoms with Crippen LogP contribution in [0.3, 0.4) is 0 Å². The van der Waals surface area contributed by atoms with Crippen molar-refractivity contribution in [2.24, 2.45) is 27.9 Å². The zero-order valence-corrected chi connectivity index (χ0v) is 18.1. The van der Waals surface area contributed by atoms with Gasteiger partial charge in [0.25, 0.3) is 0 Å². The third kappa shape index (κ3) is 12.2. The van der Waals surface area contributed by atoms with Crippen LogP contribution in [-0.4, -0.2) is 94.2 Å². The number of carbonyl (C=O) groups excluding carboxylic acids is 4. The first-order valence-electron chi connectivity index (χ1n) is 9.84. The smallest absolute Gasteiger partial charge is 0.328 e. The first-order valence-corrected chi connectivity index (χ1v) is 9.84. The SMILES string of the molecule is NC(=O)CC(NC(=O)C(CC(=O)O)NC(=O)C(N)CCCN=C(N)N)C(=O)NC(CO)C(=O)O. The average molecular weight is 490 g/mol. The van der Waals surface area contributed by atoms with Crippen LogP contribution in [-0.2, 0) is 28.8 Å². The second-order valence-corrected chi connectivity index (χ2v) is 7.03. The molecule has 0 spiro atoms. The molecule has 0 rings (SSSR count). The van der Waals surface area contributed by atoms with E-state index in [1.54, 1.807) is 0 Å². The number of primary amides is 1. The first kappa shape index (κ1) is 30.0. The lowest BCUT2D eigenvalue weighted by atomic mass is 10.1. The molecule has 0 radical (unpaired) electrons. The van der Waals surface area contributed by atoms with Crippen LogP contribution in [0.2, 0.25) is 0 Å². The molecule has 17 heteroatoms. The zero-order chi connectivity index (χ0) is 26.4. The van der Waals surface area contributed by atoms with Gasteiger partial charge >= 0.3 is 11.9 Å². The second-order valence-electron chi connectivity index (χ2n) is 7.03. The summed E-state index contributed by atoms with van der Waals surface area (Å²) in [5.41, 5.74) is 21.1. The number of nitrogens with one attached hydrogen (secondary N) is 3. The zero-order valence-electron chi connectivity index (χ0n) is 18.1. The Bertz CT molecular complexity index is 800. The van der Waals surface area contributed by atoms with Crippen molar-refractivity contribution in [2.75, 3.05) is 13.2 Å². The number of carbonyl (C=O) groups is 6. The summed E-state index contributed by atoms with van der Waals surface area (Å²) >= 11 is 0. The molecule has 0 aliphatic rings. The van der Waals surface area contributed by atoms with Gasteiger partial charge in [-0.3, -0.25) is 29.0 Å². The normalized spacial score (nSPS) is 13.9. The number of aliphatic imine (C=N–C) groups is 1. The minimum Gasteiger partial charge on any atom is -0.481 e. The molecular formula is C17H30N8O9. The van der Waals surface area contributed by atoms with Gasteiger partial charge in [0.05, 0.1) is 25.5 Å². The Morgan fingerprint density at radius 1 is 0.794 bits per heavy atom. The van der Waals surface area contributed by atoms with Crippen LogP contribution in [0, 0.1) is 0 Å². The van der Waals surface area contributed by atoms with Crippen molar-refractivity contribution in [1.29, 1.82) is 0 Å². The Hall–Kier alpha value is -3.99. The van der Waals surface area contributed by atoms with Gasteiger partial charge in [-0.25, -0.2) is 4.79 Å². The van der Waals surface area contributed by atoms with Crippen LogP contribution >= 0.6 is 0 Å². The number of carboxylic acid groups (broad SMARTS) is 2. The molecule has 0 saturated heterocycles. The van der Waals surface area contributed by atoms with E-state index >= 15 is 0 Å². The Labute approximate surface area is 193 Å². The van der Waals surface area contributed by atoms with E-state index in [1.807, 2.05) is 10.6 Å². The number of hydrogen-bond acceptors (Lipinski definition) is 9. The van der Waals surface area contributed by atoms with Gasteiger partial charge < -0.3 is 54.2 Å². The van der Waals surface area contributed by atoms with Crippen LogP contribution in [0.25, 0.3) is 0 Å². The number of rotatable bonds is 16. The number of aliphatic hydroxyl groups excluding tert-OH is 1. The lowest BCUT2D eigenvalue weighted by Crippen LogP contribution is -2.58. The third-order valence-electron chi connectivity index (χ3n) is 4.15. The van der Waals surface area contributed by atoms with E-state index in [2.05, 4.69) is 10.3 Å². The standard InChI is InChI=1S/C17H30N8O9/c18-7(2-1-3-22-17(20)21)13(30)23-9(5-12(28)29)15(32)24-8(4-11(19)27)14(31)25-10(6-26)16(33)34/h7-10,26H,1-6,18H2,(H2,19,27)(H,23,30)(H,24,32)(H,25,31)(H,28,29)(H,33,34)(H4,20,21,22). The van der Waals surface area contributed by atoms with Crippen molar-refractivity contribution < 1.29 is 44.1 Å². The minimum absolute atomic E-state index is 0.0917. The number of carboxylic acids is 2. The van der Waals surface area contributed by atoms with Crippen LogP contribution in [0.15, 0.2) is 4.99 Å². The van der Waals surface area contributed by atoms with Crippen molar-refractivity contribution in [1.82, 2.24) is 16.0 Å². The van der Waals surface area contributed by atoms with Gasteiger partial charge in [-0.2, -0.15) is 0 Å². The Kier molecular flexibility index (Phi) is 13.2. The lowest BCUT2D eigenvalue weighted by molar-refractivity contribution is -0.144. The van der Waals surface area contributed by atoms with E-state index < -0.39 is 79.2 Å². The Morgan fingerprint density at radius 2 is 1.29 bits per heavy atom. The predicted octanol–water partition coefficient (Wildman–Crippen LogP) is -5.75. The summed E-state index contributed by atoms with van der Waals surface area (Å²) in [6.07, 6.45) is -1.29. The number of guanidine groups is 1. The first-order chi connectivity index (χ1) is 15.8. The van der Waals surface area contributed by atoms with Crippen LogP contribution in [0.1, 0.15) is 25.7 Å². The van der Waals surface area contributed by atoms with Crippen molar-refractivity contribution >= 4 is 41.5 Å². The minimum atomic E-state index is -1.74. The Balaban J connectivity index is 5.35. The molecule has 0 heterocycles. The molecule has 0 aliphatic heterocycles. The van der Waals surface area contributed by atoms with Crippen molar-refractivity contribution in [2.45, 2.75) is 49.9 Å². The number of hydrogen-bond donors (Lipinski definition) is 10. The summed E-state index contributed by atoms with van der Waals surface area (Å²) in [5, 5.41) is 33.1. The molecular weight excluding hydrogens is 460 g/mol. The molecule has 0 saturated carbocycles. The Morgan fingerprint density at radius 3 is 1.74 bits per heavy atom. The highest BCUT2D eigenvalue weighted by Gasteiger charge is 2.32. The summed E-state index contributed by atoms with van der Waals surface area (Å²) in [7, 11) is 0. The molecule has 0 fully saturated rings. The summed E-state index contributed by atoms with van der Waals surface area (Å²) < 4.78 is 0. The fourth-order valence-corrected chi connectivity index (χ4v) is 2.45. The quantitative estimate of drug-likeness (QED) is 0.0549. The molecule has 0 bridgehead atoms. The van der Waals surface area contributed by atoms with Gasteiger partial charge in [-0.1, -0.05) is 0 Å². The summed E-state index contributed by atoms with van der Waals surface area (Å²) in [5.74, 6) is -7.54. The molecule has 4 amide bonds. The maximum Gasteiger partial charge on any atom is 0.328 e. The predicted molar refractivity (Wildman–Crippen MR) is 114 cm³/mol. The molecule has 0 aromatic carbocycles. The molecule has 17 nitrogen and oxygen atoms in total. The number of amides is 4. The highest BCUT2D eigenvalue weighted by atomic mass is 16.4. The lowest BCUT2D eigenvalue weighted by Gasteiger charge is -2.23. The van der Waals surface area contributed by atoms with Gasteiger partial charge in [0, 0.05) is 6.54 Å². The van der Waals surface area contributed by atoms with E-state index in [0.717, 1.165) is 0 Å². The molecule has 0 aromatic heterocycles. The number of nitrogens with two attached hydrogens (primary N) is 4. The average Bonchev–Trinajstić information content (AvgIpc) is 2.72. The van der Waals surface area contributed by atoms with Crippen molar-refractivity contribution in [3.63, 3.8) is 0 Å². The topological polar surface area (TPSA) is 316 Å². The maximum atomic E-state index is 12.6. The number of aliphatic carboxylic acids is 2. The summed E-state index contributed by atoms with van der Waals surface area (Å²) in [6.45, 7) is -0.811. The third-order valence-corrected chi connectivity index (χ3v) is 4.15. The van der Waals surface area contributed by atoms with Gasteiger partial charge in [0.1, 0.15) is 18.1 Å². The second kappa shape index (κ2) is 15.0. The number of nitrogens with zero attached hydrogens (tertiary/aromatic N) is 1. The highest BCUT2D eigenvalue weighted by molar-refractivity contribution is 5.97. The van der Waals surface area contributed by atoms with E-state index in [4.69, 9.17) is 38.3 Å². The van der Waals surface area contributed by atoms with E-state index in [0.29, 0.717) is 6.42 Å². The van der Waals surface area contributed by atoms with E-state index in [-0.39, 0.29) is 18.9 Å². The highest BCUT2D eigenvalue weighted by Crippen LogP contribution is 2.02. The maximum absolute atomic E-state index is 12.6. The molecule has 34 heavy (non-hydrogen) atoms. The van der Waals surface area contributed by atoms with Crippen LogP contribution in [0.4, 0.5) is 0 Å². The molecule has 0 aliphatic carbocycles. The van der Waals surface area contributed by atoms with E-state index in [9.17, 15) is 28.8 Å². The number of aliphatic hydroxyl groups is 1. The largest absolute Gasteiger partial charge is 0.481 e. The molecule has 192 valence electrons. The monoisotopic (exact) mass is 490 g/mol. The van der Waals surface area contributed by atoms with Gasteiger partial charge in [-0.05, 0) is 12.8 Å². The summed E-state index contributed by atoms with van der Waals surface area (Å²) in [4.78, 5) is 74.3. The molecule has 4 atom stereocenters. The fraction of sp³-hybridized carbons (Fsp3) is 0.588. The van der Waals surface area contributed by atoms with Gasteiger partial charge in [-0.15, -0.1) is 0 Å². The van der Waals surface area contributed by atoms with E-state index in [1.165, 1.54) is 0 Å². The molecule has 14 N–H and O–H groups in total. The summed E-state index contributed by atoms with van der Waals surface area (Å²) in [6, 6.07) is -6.32. The fourth-order valence-electron chi connectivity index (χ4n) is 2.45. The van der Waals surface area contributed by atoms with Crippen molar-refractivity contribution in [3.8, 4) is 0 Å².